The SMILES string of the molecule is C.O=C(CC1(C(=O)NCc2ccc(Nc3ccccc3C(F)(F)F)cc2)CC1)c1cncnc1. The minimum Gasteiger partial charge on any atom is -0.355 e. The number of alkyl halides is 3. The number of carbonyl (C=O) groups excluding carboxylic acids is 2. The van der Waals surface area contributed by atoms with E-state index in [2.05, 4.69) is 20.6 Å². The van der Waals surface area contributed by atoms with E-state index in [0.29, 0.717) is 24.1 Å². The van der Waals surface area contributed by atoms with E-state index in [0.717, 1.165) is 11.6 Å². The third kappa shape index (κ3) is 5.78. The van der Waals surface area contributed by atoms with Gasteiger partial charge < -0.3 is 10.6 Å². The van der Waals surface area contributed by atoms with Crippen molar-refractivity contribution >= 4 is 23.1 Å². The standard InChI is InChI=1S/C24H21F3N4O2.CH4/c25-24(26,27)19-3-1-2-4-20(19)31-18-7-5-16(6-8-18)12-30-22(33)23(9-10-23)11-21(32)17-13-28-15-29-14-17;/h1-8,13-15,31H,9-12H2,(H,30,33);1H4. The summed E-state index contributed by atoms with van der Waals surface area (Å²) >= 11 is 0. The number of rotatable bonds is 8. The van der Waals surface area contributed by atoms with Crippen LogP contribution in [-0.2, 0) is 17.5 Å². The minimum absolute atomic E-state index is 0. The van der Waals surface area contributed by atoms with Crippen LogP contribution in [0.15, 0.2) is 67.3 Å². The lowest BCUT2D eigenvalue weighted by atomic mass is 9.95. The summed E-state index contributed by atoms with van der Waals surface area (Å²) < 4.78 is 39.5. The topological polar surface area (TPSA) is 84.0 Å². The van der Waals surface area contributed by atoms with Crippen LogP contribution in [0.25, 0.3) is 0 Å². The Bertz CT molecular complexity index is 1140. The van der Waals surface area contributed by atoms with Gasteiger partial charge in [-0.25, -0.2) is 9.97 Å². The van der Waals surface area contributed by atoms with Crippen molar-refractivity contribution < 1.29 is 22.8 Å². The predicted octanol–water partition coefficient (Wildman–Crippen LogP) is 5.54. The van der Waals surface area contributed by atoms with Gasteiger partial charge in [-0.3, -0.25) is 9.59 Å². The van der Waals surface area contributed by atoms with Gasteiger partial charge in [0, 0.05) is 31.0 Å². The zero-order chi connectivity index (χ0) is 23.5. The summed E-state index contributed by atoms with van der Waals surface area (Å²) in [6.07, 6.45) is 1.14. The zero-order valence-electron chi connectivity index (χ0n) is 17.5. The molecule has 6 nitrogen and oxygen atoms in total. The number of carbonyl (C=O) groups is 2. The fraction of sp³-hybridized carbons (Fsp3) is 0.280. The second-order valence-corrected chi connectivity index (χ2v) is 8.06. The van der Waals surface area contributed by atoms with E-state index in [-0.39, 0.29) is 37.8 Å². The summed E-state index contributed by atoms with van der Waals surface area (Å²) in [5.74, 6) is -0.355. The Morgan fingerprint density at radius 1 is 0.971 bits per heavy atom. The van der Waals surface area contributed by atoms with E-state index in [1.165, 1.54) is 36.9 Å². The highest BCUT2D eigenvalue weighted by atomic mass is 19.4. The molecule has 1 heterocycles. The van der Waals surface area contributed by atoms with Crippen molar-refractivity contribution in [3.8, 4) is 0 Å². The molecule has 3 aromatic rings. The molecular formula is C25H25F3N4O2. The molecular weight excluding hydrogens is 445 g/mol. The van der Waals surface area contributed by atoms with Gasteiger partial charge in [0.05, 0.1) is 22.2 Å². The van der Waals surface area contributed by atoms with Gasteiger partial charge in [0.25, 0.3) is 0 Å². The van der Waals surface area contributed by atoms with Crippen LogP contribution in [0, 0.1) is 5.41 Å². The van der Waals surface area contributed by atoms with Crippen LogP contribution in [0.2, 0.25) is 0 Å². The molecule has 1 aliphatic carbocycles. The monoisotopic (exact) mass is 470 g/mol. The summed E-state index contributed by atoms with van der Waals surface area (Å²) in [5, 5.41) is 5.65. The molecule has 0 aliphatic heterocycles. The highest BCUT2D eigenvalue weighted by Crippen LogP contribution is 2.49. The Kier molecular flexibility index (Phi) is 7.34. The molecule has 1 saturated carbocycles. The van der Waals surface area contributed by atoms with E-state index in [1.54, 1.807) is 24.3 Å². The molecule has 1 fully saturated rings. The Balaban J connectivity index is 0.00000324. The molecule has 0 radical (unpaired) electrons. The Morgan fingerprint density at radius 2 is 1.62 bits per heavy atom. The molecule has 2 aromatic carbocycles. The van der Waals surface area contributed by atoms with Crippen LogP contribution >= 0.6 is 0 Å². The van der Waals surface area contributed by atoms with Crippen molar-refractivity contribution in [2.45, 2.75) is 39.4 Å². The van der Waals surface area contributed by atoms with Crippen LogP contribution in [0.4, 0.5) is 24.5 Å². The first-order valence-corrected chi connectivity index (χ1v) is 10.4. The van der Waals surface area contributed by atoms with Gasteiger partial charge in [-0.15, -0.1) is 0 Å². The average molecular weight is 470 g/mol. The first kappa shape index (κ1) is 24.9. The van der Waals surface area contributed by atoms with E-state index in [1.807, 2.05) is 0 Å². The quantitative estimate of drug-likeness (QED) is 0.422. The highest BCUT2D eigenvalue weighted by molar-refractivity contribution is 6.00. The number of benzene rings is 2. The lowest BCUT2D eigenvalue weighted by Crippen LogP contribution is -2.33. The molecule has 1 aliphatic rings. The van der Waals surface area contributed by atoms with Crippen molar-refractivity contribution in [1.82, 2.24) is 15.3 Å². The van der Waals surface area contributed by atoms with Crippen molar-refractivity contribution in [3.63, 3.8) is 0 Å². The van der Waals surface area contributed by atoms with Crippen LogP contribution in [0.1, 0.15) is 48.2 Å². The average Bonchev–Trinajstić information content (AvgIpc) is 3.59. The number of hydrogen-bond donors (Lipinski definition) is 2. The van der Waals surface area contributed by atoms with Crippen LogP contribution in [0.5, 0.6) is 0 Å². The second-order valence-electron chi connectivity index (χ2n) is 8.06. The maximum absolute atomic E-state index is 13.2. The number of ketones is 1. The third-order valence-electron chi connectivity index (χ3n) is 5.64. The van der Waals surface area contributed by atoms with Gasteiger partial charge in [0.2, 0.25) is 5.91 Å². The van der Waals surface area contributed by atoms with Crippen molar-refractivity contribution in [2.24, 2.45) is 5.41 Å². The summed E-state index contributed by atoms with van der Waals surface area (Å²) in [4.78, 5) is 32.8. The number of amides is 1. The molecule has 34 heavy (non-hydrogen) atoms. The number of nitrogens with zero attached hydrogens (tertiary/aromatic N) is 2. The number of halogens is 3. The van der Waals surface area contributed by atoms with Gasteiger partial charge in [0.1, 0.15) is 6.33 Å². The largest absolute Gasteiger partial charge is 0.418 e. The molecule has 4 rings (SSSR count). The molecule has 0 atom stereocenters. The molecule has 1 aromatic heterocycles. The molecule has 0 unspecified atom stereocenters. The summed E-state index contributed by atoms with van der Waals surface area (Å²) in [6, 6.07) is 12.0. The smallest absolute Gasteiger partial charge is 0.355 e. The molecule has 9 heteroatoms. The highest BCUT2D eigenvalue weighted by Gasteiger charge is 2.51. The number of hydrogen-bond acceptors (Lipinski definition) is 5. The summed E-state index contributed by atoms with van der Waals surface area (Å²) in [7, 11) is 0. The molecule has 2 N–H and O–H groups in total. The van der Waals surface area contributed by atoms with Crippen molar-refractivity contribution in [1.29, 1.82) is 0 Å². The Hall–Kier alpha value is -3.75. The fourth-order valence-corrected chi connectivity index (χ4v) is 3.56. The summed E-state index contributed by atoms with van der Waals surface area (Å²) in [6.45, 7) is 0.253. The van der Waals surface area contributed by atoms with E-state index in [9.17, 15) is 22.8 Å². The van der Waals surface area contributed by atoms with Gasteiger partial charge in [0.15, 0.2) is 5.78 Å². The molecule has 0 saturated heterocycles. The zero-order valence-corrected chi connectivity index (χ0v) is 17.5. The Morgan fingerprint density at radius 3 is 2.24 bits per heavy atom. The maximum atomic E-state index is 13.2. The third-order valence-corrected chi connectivity index (χ3v) is 5.64. The lowest BCUT2D eigenvalue weighted by molar-refractivity contribution is -0.137. The first-order chi connectivity index (χ1) is 15.8. The van der Waals surface area contributed by atoms with Crippen molar-refractivity contribution in [2.75, 3.05) is 5.32 Å². The first-order valence-electron chi connectivity index (χ1n) is 10.4. The predicted molar refractivity (Wildman–Crippen MR) is 122 cm³/mol. The number of para-hydroxylation sites is 1. The molecule has 0 bridgehead atoms. The lowest BCUT2D eigenvalue weighted by Gasteiger charge is -2.16. The minimum atomic E-state index is -4.46. The molecule has 178 valence electrons. The van der Waals surface area contributed by atoms with Gasteiger partial charge in [-0.2, -0.15) is 13.2 Å². The van der Waals surface area contributed by atoms with Crippen LogP contribution in [-0.4, -0.2) is 21.7 Å². The van der Waals surface area contributed by atoms with Gasteiger partial charge >= 0.3 is 6.18 Å². The van der Waals surface area contributed by atoms with E-state index >= 15 is 0 Å². The fourth-order valence-electron chi connectivity index (χ4n) is 3.56. The summed E-state index contributed by atoms with van der Waals surface area (Å²) in [5.41, 5.74) is 0.192. The molecule has 0 spiro atoms. The van der Waals surface area contributed by atoms with Gasteiger partial charge in [-0.1, -0.05) is 31.7 Å². The van der Waals surface area contributed by atoms with E-state index in [4.69, 9.17) is 0 Å². The number of Topliss-reactive ketones (excluding diaryl/α,β-unsaturated/α-hetero) is 1. The normalized spacial score (nSPS) is 14.0. The van der Waals surface area contributed by atoms with E-state index < -0.39 is 17.2 Å². The van der Waals surface area contributed by atoms with Crippen LogP contribution < -0.4 is 10.6 Å². The van der Waals surface area contributed by atoms with Crippen LogP contribution in [0.3, 0.4) is 0 Å². The van der Waals surface area contributed by atoms with Crippen molar-refractivity contribution in [3.05, 3.63) is 83.9 Å². The second kappa shape index (κ2) is 10.0. The number of nitrogens with one attached hydrogen (secondary N) is 2. The Labute approximate surface area is 195 Å². The maximum Gasteiger partial charge on any atom is 0.418 e. The number of anilines is 2. The number of aromatic nitrogens is 2. The molecule has 1 amide bonds. The van der Waals surface area contributed by atoms with Gasteiger partial charge in [-0.05, 0) is 42.7 Å².